The molecule has 1 aliphatic heterocycles. The summed E-state index contributed by atoms with van der Waals surface area (Å²) < 4.78 is 0. The van der Waals surface area contributed by atoms with E-state index in [9.17, 15) is 9.59 Å². The van der Waals surface area contributed by atoms with E-state index in [1.165, 1.54) is 6.92 Å². The van der Waals surface area contributed by atoms with Crippen molar-refractivity contribution in [1.82, 2.24) is 0 Å². The van der Waals surface area contributed by atoms with Crippen LogP contribution in [0, 0.1) is 5.92 Å². The predicted molar refractivity (Wildman–Crippen MR) is 106 cm³/mol. The summed E-state index contributed by atoms with van der Waals surface area (Å²) in [5.74, 6) is -0.0725. The van der Waals surface area contributed by atoms with Crippen molar-refractivity contribution in [3.63, 3.8) is 0 Å². The van der Waals surface area contributed by atoms with Gasteiger partial charge in [-0.3, -0.25) is 9.59 Å². The third kappa shape index (κ3) is 4.76. The molecule has 0 aromatic heterocycles. The molecule has 0 saturated carbocycles. The molecule has 0 radical (unpaired) electrons. The molecule has 2 N–H and O–H groups in total. The van der Waals surface area contributed by atoms with Gasteiger partial charge in [-0.1, -0.05) is 17.7 Å². The monoisotopic (exact) mass is 371 g/mol. The molecule has 2 aromatic carbocycles. The largest absolute Gasteiger partial charge is 0.371 e. The van der Waals surface area contributed by atoms with Gasteiger partial charge in [0, 0.05) is 48.0 Å². The molecule has 1 fully saturated rings. The van der Waals surface area contributed by atoms with Crippen LogP contribution in [0.2, 0.25) is 5.02 Å². The Balaban J connectivity index is 1.53. The smallest absolute Gasteiger partial charge is 0.227 e. The van der Waals surface area contributed by atoms with Crippen molar-refractivity contribution in [3.8, 4) is 0 Å². The van der Waals surface area contributed by atoms with E-state index in [0.717, 1.165) is 42.3 Å². The van der Waals surface area contributed by atoms with E-state index in [1.807, 2.05) is 24.3 Å². The van der Waals surface area contributed by atoms with Gasteiger partial charge >= 0.3 is 0 Å². The number of rotatable bonds is 4. The molecule has 6 heteroatoms. The molecule has 0 atom stereocenters. The van der Waals surface area contributed by atoms with Gasteiger partial charge in [-0.15, -0.1) is 0 Å². The Morgan fingerprint density at radius 1 is 1.00 bits per heavy atom. The summed E-state index contributed by atoms with van der Waals surface area (Å²) >= 11 is 6.06. The van der Waals surface area contributed by atoms with Crippen LogP contribution in [0.1, 0.15) is 19.8 Å². The first-order valence-corrected chi connectivity index (χ1v) is 9.08. The van der Waals surface area contributed by atoms with Crippen LogP contribution < -0.4 is 15.5 Å². The van der Waals surface area contributed by atoms with Crippen LogP contribution in [-0.2, 0) is 9.59 Å². The van der Waals surface area contributed by atoms with Crippen molar-refractivity contribution in [1.29, 1.82) is 0 Å². The zero-order valence-corrected chi connectivity index (χ0v) is 15.4. The highest BCUT2D eigenvalue weighted by atomic mass is 35.5. The fourth-order valence-electron chi connectivity index (χ4n) is 3.16. The quantitative estimate of drug-likeness (QED) is 0.848. The normalized spacial score (nSPS) is 14.8. The maximum absolute atomic E-state index is 12.5. The Kier molecular flexibility index (Phi) is 5.78. The van der Waals surface area contributed by atoms with Crippen molar-refractivity contribution < 1.29 is 9.59 Å². The zero-order chi connectivity index (χ0) is 18.5. The number of nitrogens with zero attached hydrogens (tertiary/aromatic N) is 1. The van der Waals surface area contributed by atoms with Gasteiger partial charge in [-0.2, -0.15) is 0 Å². The standard InChI is InChI=1S/C20H22ClN3O2/c1-14(25)22-17-5-7-18(8-6-17)23-20(26)15-9-11-24(12-10-15)19-4-2-3-16(21)13-19/h2-8,13,15H,9-12H2,1H3,(H,22,25)(H,23,26). The van der Waals surface area contributed by atoms with E-state index in [-0.39, 0.29) is 17.7 Å². The molecule has 2 aromatic rings. The average Bonchev–Trinajstić information content (AvgIpc) is 2.63. The molecular formula is C20H22ClN3O2. The minimum atomic E-state index is -0.117. The molecule has 3 rings (SSSR count). The Morgan fingerprint density at radius 2 is 1.62 bits per heavy atom. The first-order chi connectivity index (χ1) is 12.5. The van der Waals surface area contributed by atoms with Crippen LogP contribution in [0.15, 0.2) is 48.5 Å². The lowest BCUT2D eigenvalue weighted by Gasteiger charge is -2.33. The number of halogens is 1. The fourth-order valence-corrected chi connectivity index (χ4v) is 3.34. The zero-order valence-electron chi connectivity index (χ0n) is 14.7. The van der Waals surface area contributed by atoms with Gasteiger partial charge in [0.05, 0.1) is 0 Å². The van der Waals surface area contributed by atoms with Crippen LogP contribution in [0.25, 0.3) is 0 Å². The summed E-state index contributed by atoms with van der Waals surface area (Å²) in [7, 11) is 0. The molecule has 0 spiro atoms. The fraction of sp³-hybridized carbons (Fsp3) is 0.300. The summed E-state index contributed by atoms with van der Waals surface area (Å²) in [4.78, 5) is 25.8. The minimum Gasteiger partial charge on any atom is -0.371 e. The van der Waals surface area contributed by atoms with Crippen molar-refractivity contribution in [2.75, 3.05) is 28.6 Å². The van der Waals surface area contributed by atoms with E-state index in [0.29, 0.717) is 5.69 Å². The summed E-state index contributed by atoms with van der Waals surface area (Å²) in [6, 6.07) is 15.0. The second-order valence-corrected chi connectivity index (χ2v) is 6.93. The SMILES string of the molecule is CC(=O)Nc1ccc(NC(=O)C2CCN(c3cccc(Cl)c3)CC2)cc1. The van der Waals surface area contributed by atoms with Gasteiger partial charge in [0.1, 0.15) is 0 Å². The van der Waals surface area contributed by atoms with Gasteiger partial charge in [-0.05, 0) is 55.3 Å². The number of carbonyl (C=O) groups is 2. The van der Waals surface area contributed by atoms with Crippen LogP contribution in [0.3, 0.4) is 0 Å². The lowest BCUT2D eigenvalue weighted by atomic mass is 9.95. The highest BCUT2D eigenvalue weighted by molar-refractivity contribution is 6.30. The highest BCUT2D eigenvalue weighted by Crippen LogP contribution is 2.26. The number of benzene rings is 2. The Hall–Kier alpha value is -2.53. The highest BCUT2D eigenvalue weighted by Gasteiger charge is 2.25. The summed E-state index contributed by atoms with van der Waals surface area (Å²) in [5, 5.41) is 6.40. The number of amides is 2. The van der Waals surface area contributed by atoms with Crippen LogP contribution in [0.5, 0.6) is 0 Å². The maximum atomic E-state index is 12.5. The van der Waals surface area contributed by atoms with Crippen LogP contribution >= 0.6 is 11.6 Å². The van der Waals surface area contributed by atoms with E-state index in [1.54, 1.807) is 24.3 Å². The summed E-state index contributed by atoms with van der Waals surface area (Å²) in [6.07, 6.45) is 1.62. The number of piperidine rings is 1. The minimum absolute atomic E-state index is 0.000422. The number of anilines is 3. The number of nitrogens with one attached hydrogen (secondary N) is 2. The molecule has 2 amide bonds. The lowest BCUT2D eigenvalue weighted by molar-refractivity contribution is -0.120. The second-order valence-electron chi connectivity index (χ2n) is 6.49. The molecular weight excluding hydrogens is 350 g/mol. The first-order valence-electron chi connectivity index (χ1n) is 8.70. The van der Waals surface area contributed by atoms with Crippen LogP contribution in [0.4, 0.5) is 17.1 Å². The van der Waals surface area contributed by atoms with Crippen molar-refractivity contribution in [3.05, 3.63) is 53.6 Å². The third-order valence-electron chi connectivity index (χ3n) is 4.51. The molecule has 1 aliphatic rings. The van der Waals surface area contributed by atoms with Crippen molar-refractivity contribution in [2.45, 2.75) is 19.8 Å². The third-order valence-corrected chi connectivity index (χ3v) is 4.75. The number of carbonyl (C=O) groups excluding carboxylic acids is 2. The molecule has 136 valence electrons. The van der Waals surface area contributed by atoms with E-state index in [4.69, 9.17) is 11.6 Å². The van der Waals surface area contributed by atoms with Gasteiger partial charge < -0.3 is 15.5 Å². The van der Waals surface area contributed by atoms with E-state index >= 15 is 0 Å². The maximum Gasteiger partial charge on any atom is 0.227 e. The van der Waals surface area contributed by atoms with E-state index in [2.05, 4.69) is 15.5 Å². The summed E-state index contributed by atoms with van der Waals surface area (Å²) in [5.41, 5.74) is 2.55. The topological polar surface area (TPSA) is 61.4 Å². The first kappa shape index (κ1) is 18.3. The lowest BCUT2D eigenvalue weighted by Crippen LogP contribution is -2.38. The number of hydrogen-bond donors (Lipinski definition) is 2. The van der Waals surface area contributed by atoms with Crippen molar-refractivity contribution in [2.24, 2.45) is 5.92 Å². The van der Waals surface area contributed by atoms with E-state index < -0.39 is 0 Å². The molecule has 1 heterocycles. The van der Waals surface area contributed by atoms with Crippen LogP contribution in [-0.4, -0.2) is 24.9 Å². The van der Waals surface area contributed by atoms with Crippen molar-refractivity contribution >= 4 is 40.5 Å². The Bertz CT molecular complexity index is 784. The predicted octanol–water partition coefficient (Wildman–Crippen LogP) is 4.15. The molecule has 26 heavy (non-hydrogen) atoms. The molecule has 0 aliphatic carbocycles. The molecule has 0 unspecified atom stereocenters. The van der Waals surface area contributed by atoms with Gasteiger partial charge in [0.2, 0.25) is 11.8 Å². The molecule has 0 bridgehead atoms. The average molecular weight is 372 g/mol. The molecule has 5 nitrogen and oxygen atoms in total. The van der Waals surface area contributed by atoms with Gasteiger partial charge in [0.25, 0.3) is 0 Å². The molecule has 1 saturated heterocycles. The summed E-state index contributed by atoms with van der Waals surface area (Å²) in [6.45, 7) is 3.13. The van der Waals surface area contributed by atoms with Gasteiger partial charge in [0.15, 0.2) is 0 Å². The Labute approximate surface area is 158 Å². The Morgan fingerprint density at radius 3 is 2.19 bits per heavy atom. The second kappa shape index (κ2) is 8.23. The van der Waals surface area contributed by atoms with Gasteiger partial charge in [-0.25, -0.2) is 0 Å². The number of hydrogen-bond acceptors (Lipinski definition) is 3.